The van der Waals surface area contributed by atoms with E-state index in [4.69, 9.17) is 16.7 Å². The third-order valence-corrected chi connectivity index (χ3v) is 4.42. The predicted molar refractivity (Wildman–Crippen MR) is 98.4 cm³/mol. The minimum Gasteiger partial charge on any atom is -0.478 e. The number of carbonyl (C=O) groups is 1. The number of piperidine rings is 1. The van der Waals surface area contributed by atoms with Gasteiger partial charge in [0, 0.05) is 37.4 Å². The van der Waals surface area contributed by atoms with E-state index in [1.54, 1.807) is 6.07 Å². The number of carboxylic acids is 1. The number of nitrogens with one attached hydrogen (secondary N) is 1. The Morgan fingerprint density at radius 1 is 1.50 bits per heavy atom. The Morgan fingerprint density at radius 3 is 2.71 bits per heavy atom. The zero-order valence-corrected chi connectivity index (χ0v) is 14.9. The lowest BCUT2D eigenvalue weighted by molar-refractivity contribution is -0.130. The molecule has 24 heavy (non-hydrogen) atoms. The summed E-state index contributed by atoms with van der Waals surface area (Å²) < 4.78 is 0. The summed E-state index contributed by atoms with van der Waals surface area (Å²) >= 11 is 6.23. The van der Waals surface area contributed by atoms with E-state index in [1.807, 2.05) is 0 Å². The van der Waals surface area contributed by atoms with E-state index in [0.717, 1.165) is 32.5 Å². The molecule has 5 nitrogen and oxygen atoms in total. The number of carboxylic acid groups (broad SMARTS) is 1. The first-order valence-electron chi connectivity index (χ1n) is 8.07. The highest BCUT2D eigenvalue weighted by Crippen LogP contribution is 2.25. The van der Waals surface area contributed by atoms with Crippen LogP contribution in [0.3, 0.4) is 0 Å². The second-order valence-corrected chi connectivity index (χ2v) is 6.75. The Hall–Kier alpha value is -1.85. The molecular formula is C18H24ClN3O2. The van der Waals surface area contributed by atoms with Crippen LogP contribution < -0.4 is 5.32 Å². The van der Waals surface area contributed by atoms with Gasteiger partial charge in [0.25, 0.3) is 0 Å². The van der Waals surface area contributed by atoms with Crippen LogP contribution >= 0.6 is 11.6 Å². The Balaban J connectivity index is 1.92. The van der Waals surface area contributed by atoms with E-state index >= 15 is 0 Å². The van der Waals surface area contributed by atoms with Crippen LogP contribution in [-0.4, -0.2) is 46.6 Å². The maximum Gasteiger partial charge on any atom is 0.335 e. The zero-order chi connectivity index (χ0) is 17.7. The molecule has 2 rings (SSSR count). The van der Waals surface area contributed by atoms with Crippen molar-refractivity contribution in [1.82, 2.24) is 9.88 Å². The molecule has 1 aromatic rings. The van der Waals surface area contributed by atoms with Gasteiger partial charge in [-0.2, -0.15) is 0 Å². The van der Waals surface area contributed by atoms with Gasteiger partial charge < -0.3 is 10.4 Å². The molecule has 0 radical (unpaired) electrons. The summed E-state index contributed by atoms with van der Waals surface area (Å²) in [5.74, 6) is -0.473. The Labute approximate surface area is 148 Å². The number of likely N-dealkylation sites (tertiary alicyclic amines) is 1. The fourth-order valence-corrected chi connectivity index (χ4v) is 2.82. The number of allylic oxidation sites excluding steroid dienone is 1. The second-order valence-electron chi connectivity index (χ2n) is 6.34. The smallest absolute Gasteiger partial charge is 0.335 e. The van der Waals surface area contributed by atoms with E-state index in [-0.39, 0.29) is 5.57 Å². The minimum atomic E-state index is -1.07. The summed E-state index contributed by atoms with van der Waals surface area (Å²) in [6.45, 7) is 10.8. The summed E-state index contributed by atoms with van der Waals surface area (Å²) in [5, 5.41) is 12.8. The molecule has 0 saturated carbocycles. The van der Waals surface area contributed by atoms with E-state index < -0.39 is 5.97 Å². The molecule has 1 aliphatic heterocycles. The van der Waals surface area contributed by atoms with E-state index in [9.17, 15) is 4.79 Å². The third-order valence-electron chi connectivity index (χ3n) is 4.13. The summed E-state index contributed by atoms with van der Waals surface area (Å²) in [7, 11) is 0. The average molecular weight is 350 g/mol. The molecule has 1 fully saturated rings. The Morgan fingerprint density at radius 2 is 2.17 bits per heavy atom. The van der Waals surface area contributed by atoms with Crippen LogP contribution in [0, 0.1) is 0 Å². The number of halogens is 1. The van der Waals surface area contributed by atoms with Gasteiger partial charge in [-0.1, -0.05) is 29.8 Å². The fourth-order valence-electron chi connectivity index (χ4n) is 2.60. The van der Waals surface area contributed by atoms with E-state index in [2.05, 4.69) is 41.7 Å². The first kappa shape index (κ1) is 18.5. The number of rotatable bonds is 6. The highest BCUT2D eigenvalue weighted by molar-refractivity contribution is 6.33. The average Bonchev–Trinajstić information content (AvgIpc) is 2.55. The number of aliphatic carboxylic acids is 1. The largest absolute Gasteiger partial charge is 0.478 e. The van der Waals surface area contributed by atoms with E-state index in [0.29, 0.717) is 22.4 Å². The van der Waals surface area contributed by atoms with Gasteiger partial charge in [0.1, 0.15) is 5.82 Å². The van der Waals surface area contributed by atoms with Crippen LogP contribution in [0.2, 0.25) is 5.02 Å². The highest BCUT2D eigenvalue weighted by atomic mass is 35.5. The van der Waals surface area contributed by atoms with Gasteiger partial charge in [0.2, 0.25) is 0 Å². The van der Waals surface area contributed by atoms with Crippen molar-refractivity contribution in [2.24, 2.45) is 0 Å². The van der Waals surface area contributed by atoms with Crippen LogP contribution in [0.1, 0.15) is 32.3 Å². The maximum absolute atomic E-state index is 10.9. The topological polar surface area (TPSA) is 65.5 Å². The molecule has 1 aliphatic rings. The molecule has 0 aliphatic carbocycles. The molecule has 2 heterocycles. The van der Waals surface area contributed by atoms with Gasteiger partial charge in [0.15, 0.2) is 0 Å². The molecule has 0 atom stereocenters. The quantitative estimate of drug-likeness (QED) is 0.606. The van der Waals surface area contributed by atoms with Crippen molar-refractivity contribution in [2.45, 2.75) is 32.7 Å². The van der Waals surface area contributed by atoms with Crippen molar-refractivity contribution in [3.05, 3.63) is 41.1 Å². The van der Waals surface area contributed by atoms with Gasteiger partial charge in [-0.05, 0) is 32.8 Å². The predicted octanol–water partition coefficient (Wildman–Crippen LogP) is 3.68. The van der Waals surface area contributed by atoms with Crippen molar-refractivity contribution in [3.63, 3.8) is 0 Å². The number of anilines is 1. The molecule has 2 N–H and O–H groups in total. The molecule has 0 aromatic carbocycles. The van der Waals surface area contributed by atoms with Crippen LogP contribution in [0.5, 0.6) is 0 Å². The first-order valence-corrected chi connectivity index (χ1v) is 8.45. The summed E-state index contributed by atoms with van der Waals surface area (Å²) in [4.78, 5) is 17.6. The lowest BCUT2D eigenvalue weighted by atomic mass is 10.0. The van der Waals surface area contributed by atoms with Crippen LogP contribution in [-0.2, 0) is 4.79 Å². The maximum atomic E-state index is 10.9. The lowest BCUT2D eigenvalue weighted by Gasteiger charge is -2.32. The van der Waals surface area contributed by atoms with Gasteiger partial charge in [-0.25, -0.2) is 9.78 Å². The van der Waals surface area contributed by atoms with Gasteiger partial charge in [-0.15, -0.1) is 0 Å². The lowest BCUT2D eigenvalue weighted by Crippen LogP contribution is -2.39. The standard InChI is InChI=1S/C18H24ClN3O2/c1-12(2)4-7-22-8-5-15(6-9-22)21-17-16(19)10-14(11-20-17)13(3)18(23)24/h4,10-11,15H,3,5-9H2,1-2H3,(H,20,21)(H,23,24). The Kier molecular flexibility index (Phi) is 6.40. The van der Waals surface area contributed by atoms with Crippen molar-refractivity contribution in [1.29, 1.82) is 0 Å². The molecule has 130 valence electrons. The van der Waals surface area contributed by atoms with Crippen molar-refractivity contribution in [3.8, 4) is 0 Å². The van der Waals surface area contributed by atoms with Crippen molar-refractivity contribution < 1.29 is 9.90 Å². The molecule has 6 heteroatoms. The number of hydrogen-bond acceptors (Lipinski definition) is 4. The molecule has 0 unspecified atom stereocenters. The van der Waals surface area contributed by atoms with Crippen LogP contribution in [0.25, 0.3) is 5.57 Å². The normalized spacial score (nSPS) is 15.8. The monoisotopic (exact) mass is 349 g/mol. The number of pyridine rings is 1. The highest BCUT2D eigenvalue weighted by Gasteiger charge is 2.20. The molecular weight excluding hydrogens is 326 g/mol. The second kappa shape index (κ2) is 8.31. The number of aromatic nitrogens is 1. The Bertz CT molecular complexity index is 646. The zero-order valence-electron chi connectivity index (χ0n) is 14.2. The van der Waals surface area contributed by atoms with Crippen LogP contribution in [0.15, 0.2) is 30.5 Å². The SMILES string of the molecule is C=C(C(=O)O)c1cnc(NC2CCN(CC=C(C)C)CC2)c(Cl)c1. The van der Waals surface area contributed by atoms with E-state index in [1.165, 1.54) is 11.8 Å². The molecule has 1 saturated heterocycles. The summed E-state index contributed by atoms with van der Waals surface area (Å²) in [6, 6.07) is 1.92. The van der Waals surface area contributed by atoms with Gasteiger partial charge >= 0.3 is 5.97 Å². The molecule has 0 amide bonds. The first-order chi connectivity index (χ1) is 11.4. The molecule has 0 bridgehead atoms. The number of hydrogen-bond donors (Lipinski definition) is 2. The summed E-state index contributed by atoms with van der Waals surface area (Å²) in [6.07, 6.45) is 5.80. The minimum absolute atomic E-state index is 0.0106. The molecule has 1 aromatic heterocycles. The number of nitrogens with zero attached hydrogens (tertiary/aromatic N) is 2. The van der Waals surface area contributed by atoms with Crippen molar-refractivity contribution in [2.75, 3.05) is 25.0 Å². The molecule has 0 spiro atoms. The van der Waals surface area contributed by atoms with Crippen LogP contribution in [0.4, 0.5) is 5.82 Å². The van der Waals surface area contributed by atoms with Gasteiger partial charge in [0.05, 0.1) is 10.6 Å². The fraction of sp³-hybridized carbons (Fsp3) is 0.444. The van der Waals surface area contributed by atoms with Gasteiger partial charge in [-0.3, -0.25) is 4.90 Å². The third kappa shape index (κ3) is 5.08. The van der Waals surface area contributed by atoms with Crippen molar-refractivity contribution >= 4 is 29.0 Å². The summed E-state index contributed by atoms with van der Waals surface area (Å²) in [5.41, 5.74) is 1.76.